The first-order chi connectivity index (χ1) is 13.5. The van der Waals surface area contributed by atoms with E-state index in [4.69, 9.17) is 15.2 Å². The molecule has 3 fully saturated rings. The first-order valence-corrected chi connectivity index (χ1v) is 10.1. The van der Waals surface area contributed by atoms with Crippen molar-refractivity contribution in [3.63, 3.8) is 0 Å². The third-order valence-electron chi connectivity index (χ3n) is 6.77. The normalized spacial score (nSPS) is 29.1. The van der Waals surface area contributed by atoms with Crippen molar-refractivity contribution in [2.45, 2.75) is 25.3 Å². The summed E-state index contributed by atoms with van der Waals surface area (Å²) in [6.45, 7) is 2.21. The van der Waals surface area contributed by atoms with Gasteiger partial charge in [0, 0.05) is 37.8 Å². The molecular weight excluding hydrogens is 358 g/mol. The van der Waals surface area contributed by atoms with E-state index in [9.17, 15) is 9.59 Å². The van der Waals surface area contributed by atoms with E-state index in [1.54, 1.807) is 37.3 Å². The van der Waals surface area contributed by atoms with Crippen LogP contribution in [0.3, 0.4) is 0 Å². The number of nitrogens with zero attached hydrogens (tertiary/aromatic N) is 2. The summed E-state index contributed by atoms with van der Waals surface area (Å²) >= 11 is 0. The Morgan fingerprint density at radius 3 is 2.21 bits per heavy atom. The lowest BCUT2D eigenvalue weighted by atomic mass is 9.84. The number of hydrogen-bond donors (Lipinski definition) is 1. The van der Waals surface area contributed by atoms with Crippen LogP contribution in [0.25, 0.3) is 0 Å². The fourth-order valence-corrected chi connectivity index (χ4v) is 5.19. The number of methoxy groups -OCH3 is 2. The van der Waals surface area contributed by atoms with Gasteiger partial charge in [0.2, 0.25) is 5.91 Å². The highest BCUT2D eigenvalue weighted by molar-refractivity contribution is 5.95. The van der Waals surface area contributed by atoms with Crippen molar-refractivity contribution in [1.82, 2.24) is 9.80 Å². The predicted octanol–water partition coefficient (Wildman–Crippen LogP) is 1.36. The lowest BCUT2D eigenvalue weighted by molar-refractivity contribution is -0.139. The standard InChI is InChI=1S/C21H29N3O4/c1-27-16-6-5-15(12-17(16)28-2)20(25)23-7-9-24(10-8-23)21(26)18-13-3-4-14(11-13)19(18)22/h5-6,12-14,18-19H,3-4,7-11,22H2,1-2H3. The minimum absolute atomic E-state index is 0.0117. The minimum Gasteiger partial charge on any atom is -0.493 e. The zero-order valence-electron chi connectivity index (χ0n) is 16.6. The molecule has 1 saturated heterocycles. The van der Waals surface area contributed by atoms with Gasteiger partial charge < -0.3 is 25.0 Å². The largest absolute Gasteiger partial charge is 0.493 e. The fourth-order valence-electron chi connectivity index (χ4n) is 5.19. The van der Waals surface area contributed by atoms with Crippen molar-refractivity contribution in [2.24, 2.45) is 23.5 Å². The number of piperazine rings is 1. The van der Waals surface area contributed by atoms with E-state index < -0.39 is 0 Å². The van der Waals surface area contributed by atoms with Crippen LogP contribution in [0, 0.1) is 17.8 Å². The van der Waals surface area contributed by atoms with Gasteiger partial charge in [-0.1, -0.05) is 0 Å². The summed E-state index contributed by atoms with van der Waals surface area (Å²) in [4.78, 5) is 29.6. The molecule has 4 atom stereocenters. The van der Waals surface area contributed by atoms with Crippen LogP contribution >= 0.6 is 0 Å². The molecule has 4 unspecified atom stereocenters. The lowest BCUT2D eigenvalue weighted by Crippen LogP contribution is -2.54. The van der Waals surface area contributed by atoms with Crippen LogP contribution in [0.15, 0.2) is 18.2 Å². The Morgan fingerprint density at radius 1 is 0.964 bits per heavy atom. The van der Waals surface area contributed by atoms with Gasteiger partial charge in [0.1, 0.15) is 0 Å². The Morgan fingerprint density at radius 2 is 1.61 bits per heavy atom. The molecule has 7 heteroatoms. The number of benzene rings is 1. The molecule has 28 heavy (non-hydrogen) atoms. The minimum atomic E-state index is -0.0512. The van der Waals surface area contributed by atoms with Crippen LogP contribution in [-0.2, 0) is 4.79 Å². The van der Waals surface area contributed by atoms with Crippen LogP contribution in [0.4, 0.5) is 0 Å². The van der Waals surface area contributed by atoms with E-state index in [0.717, 1.165) is 12.8 Å². The first kappa shape index (κ1) is 19.1. The predicted molar refractivity (Wildman–Crippen MR) is 104 cm³/mol. The number of amides is 2. The Kier molecular flexibility index (Phi) is 5.19. The summed E-state index contributed by atoms with van der Waals surface area (Å²) in [6, 6.07) is 5.20. The third-order valence-corrected chi connectivity index (χ3v) is 6.77. The SMILES string of the molecule is COc1ccc(C(=O)N2CCN(C(=O)C3C4CCC(C4)C3N)CC2)cc1OC. The molecule has 2 N–H and O–H groups in total. The third kappa shape index (κ3) is 3.21. The number of carbonyl (C=O) groups excluding carboxylic acids is 2. The van der Waals surface area contributed by atoms with E-state index in [1.165, 1.54) is 6.42 Å². The summed E-state index contributed by atoms with van der Waals surface area (Å²) in [6.07, 6.45) is 3.41. The Hall–Kier alpha value is -2.28. The molecule has 2 bridgehead atoms. The van der Waals surface area contributed by atoms with Crippen LogP contribution in [0.5, 0.6) is 11.5 Å². The molecule has 0 spiro atoms. The Bertz CT molecular complexity index is 758. The highest BCUT2D eigenvalue weighted by Gasteiger charge is 2.50. The van der Waals surface area contributed by atoms with Gasteiger partial charge in [0.05, 0.1) is 20.1 Å². The summed E-state index contributed by atoms with van der Waals surface area (Å²) in [5, 5.41) is 0. The maximum Gasteiger partial charge on any atom is 0.254 e. The summed E-state index contributed by atoms with van der Waals surface area (Å²) in [5.74, 6) is 2.23. The Balaban J connectivity index is 1.37. The van der Waals surface area contributed by atoms with Gasteiger partial charge in [0.25, 0.3) is 5.91 Å². The maximum atomic E-state index is 13.0. The molecule has 0 radical (unpaired) electrons. The molecule has 3 aliphatic rings. The van der Waals surface area contributed by atoms with Crippen LogP contribution in [0.1, 0.15) is 29.6 Å². The number of nitrogens with two attached hydrogens (primary N) is 1. The van der Waals surface area contributed by atoms with E-state index in [0.29, 0.717) is 55.1 Å². The number of ether oxygens (including phenoxy) is 2. The molecule has 152 valence electrons. The molecule has 4 rings (SSSR count). The van der Waals surface area contributed by atoms with E-state index in [-0.39, 0.29) is 23.8 Å². The van der Waals surface area contributed by atoms with Crippen LogP contribution in [0.2, 0.25) is 0 Å². The van der Waals surface area contributed by atoms with Crippen molar-refractivity contribution >= 4 is 11.8 Å². The molecule has 1 aromatic rings. The van der Waals surface area contributed by atoms with Crippen molar-refractivity contribution in [3.8, 4) is 11.5 Å². The molecule has 1 aromatic carbocycles. The molecular formula is C21H29N3O4. The topological polar surface area (TPSA) is 85.1 Å². The van der Waals surface area contributed by atoms with Crippen molar-refractivity contribution in [1.29, 1.82) is 0 Å². The highest BCUT2D eigenvalue weighted by atomic mass is 16.5. The first-order valence-electron chi connectivity index (χ1n) is 10.1. The number of hydrogen-bond acceptors (Lipinski definition) is 5. The van der Waals surface area contributed by atoms with Crippen molar-refractivity contribution < 1.29 is 19.1 Å². The van der Waals surface area contributed by atoms with Gasteiger partial charge >= 0.3 is 0 Å². The van der Waals surface area contributed by atoms with Gasteiger partial charge in [-0.2, -0.15) is 0 Å². The van der Waals surface area contributed by atoms with Gasteiger partial charge in [-0.25, -0.2) is 0 Å². The van der Waals surface area contributed by atoms with E-state index in [2.05, 4.69) is 0 Å². The zero-order valence-corrected chi connectivity index (χ0v) is 16.6. The second-order valence-electron chi connectivity index (χ2n) is 8.12. The molecule has 7 nitrogen and oxygen atoms in total. The summed E-state index contributed by atoms with van der Waals surface area (Å²) < 4.78 is 10.5. The Labute approximate surface area is 165 Å². The lowest BCUT2D eigenvalue weighted by Gasteiger charge is -2.38. The molecule has 0 aromatic heterocycles. The zero-order chi connectivity index (χ0) is 19.8. The second-order valence-corrected chi connectivity index (χ2v) is 8.12. The van der Waals surface area contributed by atoms with Gasteiger partial charge in [0.15, 0.2) is 11.5 Å². The van der Waals surface area contributed by atoms with Gasteiger partial charge in [-0.15, -0.1) is 0 Å². The number of fused-ring (bicyclic) bond motifs is 2. The van der Waals surface area contributed by atoms with E-state index in [1.807, 2.05) is 4.90 Å². The van der Waals surface area contributed by atoms with Crippen molar-refractivity contribution in [2.75, 3.05) is 40.4 Å². The molecule has 2 aliphatic carbocycles. The molecule has 2 amide bonds. The smallest absolute Gasteiger partial charge is 0.254 e. The second kappa shape index (κ2) is 7.62. The fraction of sp³-hybridized carbons (Fsp3) is 0.619. The average Bonchev–Trinajstić information content (AvgIpc) is 3.33. The van der Waals surface area contributed by atoms with Crippen LogP contribution in [-0.4, -0.2) is 68.1 Å². The monoisotopic (exact) mass is 387 g/mol. The van der Waals surface area contributed by atoms with E-state index >= 15 is 0 Å². The quantitative estimate of drug-likeness (QED) is 0.843. The van der Waals surface area contributed by atoms with Gasteiger partial charge in [-0.05, 0) is 49.3 Å². The van der Waals surface area contributed by atoms with Gasteiger partial charge in [-0.3, -0.25) is 9.59 Å². The maximum absolute atomic E-state index is 13.0. The van der Waals surface area contributed by atoms with Crippen molar-refractivity contribution in [3.05, 3.63) is 23.8 Å². The number of carbonyl (C=O) groups is 2. The number of rotatable bonds is 4. The summed E-state index contributed by atoms with van der Waals surface area (Å²) in [5.41, 5.74) is 6.90. The summed E-state index contributed by atoms with van der Waals surface area (Å²) in [7, 11) is 3.12. The highest BCUT2D eigenvalue weighted by Crippen LogP contribution is 2.48. The average molecular weight is 387 g/mol. The molecule has 1 heterocycles. The van der Waals surface area contributed by atoms with Crippen LogP contribution < -0.4 is 15.2 Å². The molecule has 2 saturated carbocycles. The molecule has 1 aliphatic heterocycles.